The third-order valence-electron chi connectivity index (χ3n) is 3.08. The molecule has 1 unspecified atom stereocenters. The average molecular weight is 315 g/mol. The number of hydrogen-bond acceptors (Lipinski definition) is 4. The molecule has 118 valence electrons. The number of nitrogens with one attached hydrogen (secondary N) is 2. The van der Waals surface area contributed by atoms with Gasteiger partial charge in [-0.25, -0.2) is 0 Å². The molecule has 1 saturated heterocycles. The van der Waals surface area contributed by atoms with E-state index >= 15 is 0 Å². The molecule has 0 bridgehead atoms. The van der Waals surface area contributed by atoms with Gasteiger partial charge < -0.3 is 20.1 Å². The van der Waals surface area contributed by atoms with Gasteiger partial charge in [0.25, 0.3) is 5.91 Å². The second kappa shape index (κ2) is 8.87. The van der Waals surface area contributed by atoms with Crippen LogP contribution in [0.15, 0.2) is 18.2 Å². The number of hydrogen-bond donors (Lipinski definition) is 2. The van der Waals surface area contributed by atoms with Crippen LogP contribution in [-0.4, -0.2) is 38.3 Å². The van der Waals surface area contributed by atoms with Crippen molar-refractivity contribution in [1.82, 2.24) is 5.32 Å². The highest BCUT2D eigenvalue weighted by atomic mass is 35.5. The number of carbonyl (C=O) groups excluding carboxylic acids is 1. The molecule has 5 nitrogen and oxygen atoms in total. The molecule has 1 aromatic carbocycles. The molecule has 6 heteroatoms. The highest BCUT2D eigenvalue weighted by Gasteiger charge is 2.22. The largest absolute Gasteiger partial charge is 0.491 e. The van der Waals surface area contributed by atoms with E-state index in [1.165, 1.54) is 0 Å². The number of halogens is 1. The number of morpholine rings is 1. The SMILES string of the molecule is CCCOc1cc(C)ccc1NC(=O)C1CNCCO1.Cl. The monoisotopic (exact) mass is 314 g/mol. The van der Waals surface area contributed by atoms with Gasteiger partial charge in [0, 0.05) is 13.1 Å². The maximum atomic E-state index is 12.1. The zero-order chi connectivity index (χ0) is 14.4. The van der Waals surface area contributed by atoms with Crippen LogP contribution in [0.5, 0.6) is 5.75 Å². The first-order valence-corrected chi connectivity index (χ1v) is 7.07. The zero-order valence-electron chi connectivity index (χ0n) is 12.5. The lowest BCUT2D eigenvalue weighted by atomic mass is 10.2. The molecule has 1 amide bonds. The van der Waals surface area contributed by atoms with Gasteiger partial charge in [-0.3, -0.25) is 4.79 Å². The fourth-order valence-corrected chi connectivity index (χ4v) is 2.01. The van der Waals surface area contributed by atoms with Crippen molar-refractivity contribution in [1.29, 1.82) is 0 Å². The smallest absolute Gasteiger partial charge is 0.254 e. The Balaban J connectivity index is 0.00000220. The van der Waals surface area contributed by atoms with E-state index in [1.807, 2.05) is 25.1 Å². The van der Waals surface area contributed by atoms with E-state index in [0.29, 0.717) is 31.2 Å². The molecule has 2 N–H and O–H groups in total. The van der Waals surface area contributed by atoms with Crippen molar-refractivity contribution in [2.45, 2.75) is 26.4 Å². The number of aryl methyl sites for hydroxylation is 1. The Bertz CT molecular complexity index is 462. The summed E-state index contributed by atoms with van der Waals surface area (Å²) < 4.78 is 11.1. The predicted molar refractivity (Wildman–Crippen MR) is 85.5 cm³/mol. The molecule has 0 spiro atoms. The highest BCUT2D eigenvalue weighted by Crippen LogP contribution is 2.26. The minimum absolute atomic E-state index is 0. The van der Waals surface area contributed by atoms with Gasteiger partial charge in [-0.1, -0.05) is 13.0 Å². The van der Waals surface area contributed by atoms with Crippen molar-refractivity contribution in [3.05, 3.63) is 23.8 Å². The summed E-state index contributed by atoms with van der Waals surface area (Å²) in [6, 6.07) is 5.76. The summed E-state index contributed by atoms with van der Waals surface area (Å²) >= 11 is 0. The van der Waals surface area contributed by atoms with Crippen molar-refractivity contribution >= 4 is 24.0 Å². The standard InChI is InChI=1S/C15H22N2O3.ClH/c1-3-7-19-13-9-11(2)4-5-12(13)17-15(18)14-10-16-6-8-20-14;/h4-5,9,14,16H,3,6-8,10H2,1-2H3,(H,17,18);1H. The molecule has 0 aliphatic carbocycles. The summed E-state index contributed by atoms with van der Waals surface area (Å²) in [6.45, 7) is 6.58. The Labute approximate surface area is 131 Å². The lowest BCUT2D eigenvalue weighted by molar-refractivity contribution is -0.128. The molecule has 1 aromatic rings. The van der Waals surface area contributed by atoms with Crippen LogP contribution < -0.4 is 15.4 Å². The van der Waals surface area contributed by atoms with Crippen LogP contribution in [-0.2, 0) is 9.53 Å². The molecule has 1 atom stereocenters. The number of rotatable bonds is 5. The van der Waals surface area contributed by atoms with Crippen LogP contribution in [0.3, 0.4) is 0 Å². The van der Waals surface area contributed by atoms with Gasteiger partial charge in [-0.15, -0.1) is 12.4 Å². The third kappa shape index (κ3) is 5.19. The molecule has 1 fully saturated rings. The Morgan fingerprint density at radius 3 is 3.00 bits per heavy atom. The van der Waals surface area contributed by atoms with Crippen molar-refractivity contribution in [2.24, 2.45) is 0 Å². The molecule has 1 aliphatic rings. The van der Waals surface area contributed by atoms with Gasteiger partial charge in [0.2, 0.25) is 0 Å². The summed E-state index contributed by atoms with van der Waals surface area (Å²) in [7, 11) is 0. The van der Waals surface area contributed by atoms with E-state index in [2.05, 4.69) is 17.6 Å². The first-order valence-electron chi connectivity index (χ1n) is 7.07. The summed E-state index contributed by atoms with van der Waals surface area (Å²) in [5, 5.41) is 6.03. The number of ether oxygens (including phenoxy) is 2. The Morgan fingerprint density at radius 2 is 2.33 bits per heavy atom. The van der Waals surface area contributed by atoms with Gasteiger partial charge in [0.15, 0.2) is 0 Å². The van der Waals surface area contributed by atoms with E-state index in [9.17, 15) is 4.79 Å². The molecule has 0 saturated carbocycles. The van der Waals surface area contributed by atoms with E-state index in [0.717, 1.165) is 18.5 Å². The van der Waals surface area contributed by atoms with Crippen molar-refractivity contribution in [2.75, 3.05) is 31.6 Å². The Hall–Kier alpha value is -1.30. The van der Waals surface area contributed by atoms with Crippen LogP contribution in [0.2, 0.25) is 0 Å². The van der Waals surface area contributed by atoms with Crippen LogP contribution in [0, 0.1) is 6.92 Å². The van der Waals surface area contributed by atoms with Crippen LogP contribution in [0.1, 0.15) is 18.9 Å². The maximum absolute atomic E-state index is 12.1. The number of anilines is 1. The molecule has 0 radical (unpaired) electrons. The van der Waals surface area contributed by atoms with Crippen molar-refractivity contribution in [3.63, 3.8) is 0 Å². The topological polar surface area (TPSA) is 59.6 Å². The first kappa shape index (κ1) is 17.8. The highest BCUT2D eigenvalue weighted by molar-refractivity contribution is 5.95. The molecule has 1 aliphatic heterocycles. The fraction of sp³-hybridized carbons (Fsp3) is 0.533. The third-order valence-corrected chi connectivity index (χ3v) is 3.08. The zero-order valence-corrected chi connectivity index (χ0v) is 13.3. The van der Waals surface area contributed by atoms with E-state index in [4.69, 9.17) is 9.47 Å². The quantitative estimate of drug-likeness (QED) is 0.874. The molecule has 2 rings (SSSR count). The molecule has 0 aromatic heterocycles. The molecular weight excluding hydrogens is 292 g/mol. The Kier molecular flexibility index (Phi) is 7.50. The number of benzene rings is 1. The Morgan fingerprint density at radius 1 is 1.52 bits per heavy atom. The van der Waals surface area contributed by atoms with E-state index in [-0.39, 0.29) is 18.3 Å². The van der Waals surface area contributed by atoms with Gasteiger partial charge in [-0.05, 0) is 31.0 Å². The molecule has 21 heavy (non-hydrogen) atoms. The molecular formula is C15H23ClN2O3. The second-order valence-electron chi connectivity index (χ2n) is 4.90. The minimum Gasteiger partial charge on any atom is -0.491 e. The normalized spacial score (nSPS) is 17.7. The van der Waals surface area contributed by atoms with Crippen molar-refractivity contribution < 1.29 is 14.3 Å². The average Bonchev–Trinajstić information content (AvgIpc) is 2.48. The summed E-state index contributed by atoms with van der Waals surface area (Å²) in [4.78, 5) is 12.1. The van der Waals surface area contributed by atoms with Gasteiger partial charge in [0.05, 0.1) is 18.9 Å². The van der Waals surface area contributed by atoms with Gasteiger partial charge >= 0.3 is 0 Å². The maximum Gasteiger partial charge on any atom is 0.254 e. The number of carbonyl (C=O) groups is 1. The summed E-state index contributed by atoms with van der Waals surface area (Å²) in [5.74, 6) is 0.575. The number of amides is 1. The van der Waals surface area contributed by atoms with E-state index in [1.54, 1.807) is 0 Å². The van der Waals surface area contributed by atoms with E-state index < -0.39 is 6.10 Å². The van der Waals surface area contributed by atoms with Crippen LogP contribution >= 0.6 is 12.4 Å². The minimum atomic E-state index is -0.441. The van der Waals surface area contributed by atoms with Crippen LogP contribution in [0.25, 0.3) is 0 Å². The van der Waals surface area contributed by atoms with Gasteiger partial charge in [0.1, 0.15) is 11.9 Å². The van der Waals surface area contributed by atoms with Crippen molar-refractivity contribution in [3.8, 4) is 5.75 Å². The predicted octanol–water partition coefficient (Wildman–Crippen LogP) is 2.13. The lowest BCUT2D eigenvalue weighted by Crippen LogP contribution is -2.45. The second-order valence-corrected chi connectivity index (χ2v) is 4.90. The van der Waals surface area contributed by atoms with Gasteiger partial charge in [-0.2, -0.15) is 0 Å². The fourth-order valence-electron chi connectivity index (χ4n) is 2.01. The summed E-state index contributed by atoms with van der Waals surface area (Å²) in [6.07, 6.45) is 0.487. The van der Waals surface area contributed by atoms with Crippen LogP contribution in [0.4, 0.5) is 5.69 Å². The lowest BCUT2D eigenvalue weighted by Gasteiger charge is -2.23. The summed E-state index contributed by atoms with van der Waals surface area (Å²) in [5.41, 5.74) is 1.80. The molecule has 1 heterocycles. The first-order chi connectivity index (χ1) is 9.70.